The molecule has 24 heavy (non-hydrogen) atoms. The number of benzene rings is 1. The van der Waals surface area contributed by atoms with Crippen molar-refractivity contribution in [3.8, 4) is 0 Å². The number of rotatable bonds is 6. The van der Waals surface area contributed by atoms with Crippen molar-refractivity contribution in [2.45, 2.75) is 30.2 Å². The molecule has 1 aromatic heterocycles. The number of β-amino-alcohol motifs (C(OH)–C–C–N with tert-alkyl or cyclic N) is 1. The van der Waals surface area contributed by atoms with Gasteiger partial charge in [0.2, 0.25) is 0 Å². The van der Waals surface area contributed by atoms with Crippen molar-refractivity contribution >= 4 is 17.7 Å². The Morgan fingerprint density at radius 2 is 2.12 bits per heavy atom. The van der Waals surface area contributed by atoms with E-state index in [4.69, 9.17) is 4.42 Å². The molecule has 3 rings (SSSR count). The SMILES string of the molecule is CSc1ccc(C(=O)NCC2CC(O)CN2Cc2ccccc2)o1. The summed E-state index contributed by atoms with van der Waals surface area (Å²) < 4.78 is 5.44. The van der Waals surface area contributed by atoms with Crippen LogP contribution in [-0.2, 0) is 6.54 Å². The standard InChI is InChI=1S/C18H22N2O3S/c1-24-17-8-7-16(23-17)18(22)19-10-14-9-15(21)12-20(14)11-13-5-3-2-4-6-13/h2-8,14-15,21H,9-12H2,1H3,(H,19,22). The second-order valence-electron chi connectivity index (χ2n) is 5.99. The summed E-state index contributed by atoms with van der Waals surface area (Å²) in [6.07, 6.45) is 2.23. The number of carbonyl (C=O) groups is 1. The highest BCUT2D eigenvalue weighted by Gasteiger charge is 2.31. The largest absolute Gasteiger partial charge is 0.445 e. The van der Waals surface area contributed by atoms with Crippen LogP contribution in [0, 0.1) is 0 Å². The van der Waals surface area contributed by atoms with Gasteiger partial charge in [-0.15, -0.1) is 0 Å². The first-order valence-electron chi connectivity index (χ1n) is 8.04. The molecule has 1 aromatic carbocycles. The number of nitrogens with one attached hydrogen (secondary N) is 1. The molecule has 6 heteroatoms. The van der Waals surface area contributed by atoms with Crippen molar-refractivity contribution in [2.24, 2.45) is 0 Å². The fourth-order valence-electron chi connectivity index (χ4n) is 3.03. The molecule has 0 saturated carbocycles. The second-order valence-corrected chi connectivity index (χ2v) is 6.80. The molecule has 1 amide bonds. The summed E-state index contributed by atoms with van der Waals surface area (Å²) >= 11 is 1.46. The molecule has 0 radical (unpaired) electrons. The van der Waals surface area contributed by atoms with Crippen LogP contribution in [0.2, 0.25) is 0 Å². The van der Waals surface area contributed by atoms with Crippen molar-refractivity contribution in [1.29, 1.82) is 0 Å². The number of carbonyl (C=O) groups excluding carboxylic acids is 1. The fourth-order valence-corrected chi connectivity index (χ4v) is 3.41. The van der Waals surface area contributed by atoms with Gasteiger partial charge < -0.3 is 14.8 Å². The molecule has 128 valence electrons. The molecule has 2 N–H and O–H groups in total. The molecule has 1 aliphatic heterocycles. The van der Waals surface area contributed by atoms with Gasteiger partial charge in [-0.1, -0.05) is 42.1 Å². The quantitative estimate of drug-likeness (QED) is 0.786. The van der Waals surface area contributed by atoms with Gasteiger partial charge in [-0.25, -0.2) is 0 Å². The van der Waals surface area contributed by atoms with E-state index in [0.717, 1.165) is 11.6 Å². The van der Waals surface area contributed by atoms with E-state index in [1.54, 1.807) is 12.1 Å². The van der Waals surface area contributed by atoms with Crippen LogP contribution in [-0.4, -0.2) is 47.4 Å². The Morgan fingerprint density at radius 3 is 2.83 bits per heavy atom. The van der Waals surface area contributed by atoms with Gasteiger partial charge in [0.1, 0.15) is 0 Å². The van der Waals surface area contributed by atoms with Crippen LogP contribution in [0.5, 0.6) is 0 Å². The van der Waals surface area contributed by atoms with E-state index < -0.39 is 0 Å². The fraction of sp³-hybridized carbons (Fsp3) is 0.389. The van der Waals surface area contributed by atoms with Gasteiger partial charge in [-0.2, -0.15) is 0 Å². The van der Waals surface area contributed by atoms with Gasteiger partial charge in [0, 0.05) is 25.7 Å². The van der Waals surface area contributed by atoms with Crippen LogP contribution in [0.3, 0.4) is 0 Å². The van der Waals surface area contributed by atoms with E-state index in [2.05, 4.69) is 22.3 Å². The first kappa shape index (κ1) is 17.1. The van der Waals surface area contributed by atoms with Gasteiger partial charge >= 0.3 is 0 Å². The normalized spacial score (nSPS) is 21.1. The number of nitrogens with zero attached hydrogens (tertiary/aromatic N) is 1. The lowest BCUT2D eigenvalue weighted by atomic mass is 10.1. The molecule has 1 fully saturated rings. The molecule has 2 aromatic rings. The van der Waals surface area contributed by atoms with Crippen LogP contribution in [0.15, 0.2) is 52.0 Å². The van der Waals surface area contributed by atoms with E-state index in [9.17, 15) is 9.90 Å². The summed E-state index contributed by atoms with van der Waals surface area (Å²) in [5, 5.41) is 13.6. The zero-order valence-electron chi connectivity index (χ0n) is 13.6. The molecule has 0 aliphatic carbocycles. The van der Waals surface area contributed by atoms with Crippen LogP contribution in [0.1, 0.15) is 22.5 Å². The summed E-state index contributed by atoms with van der Waals surface area (Å²) in [6, 6.07) is 13.8. The number of hydrogen-bond acceptors (Lipinski definition) is 5. The van der Waals surface area contributed by atoms with E-state index >= 15 is 0 Å². The van der Waals surface area contributed by atoms with E-state index in [1.807, 2.05) is 24.5 Å². The average Bonchev–Trinajstić information content (AvgIpc) is 3.20. The number of aliphatic hydroxyl groups is 1. The third-order valence-electron chi connectivity index (χ3n) is 4.24. The molecule has 2 atom stereocenters. The lowest BCUT2D eigenvalue weighted by Crippen LogP contribution is -2.39. The van der Waals surface area contributed by atoms with Gasteiger partial charge in [-0.05, 0) is 30.4 Å². The molecular weight excluding hydrogens is 324 g/mol. The first-order chi connectivity index (χ1) is 11.7. The monoisotopic (exact) mass is 346 g/mol. The summed E-state index contributed by atoms with van der Waals surface area (Å²) in [6.45, 7) is 1.90. The average molecular weight is 346 g/mol. The predicted octanol–water partition coefficient (Wildman–Crippen LogP) is 2.37. The highest BCUT2D eigenvalue weighted by molar-refractivity contribution is 7.98. The van der Waals surface area contributed by atoms with Gasteiger partial charge in [0.15, 0.2) is 10.9 Å². The number of furan rings is 1. The number of hydrogen-bond donors (Lipinski definition) is 2. The van der Waals surface area contributed by atoms with Crippen LogP contribution < -0.4 is 5.32 Å². The first-order valence-corrected chi connectivity index (χ1v) is 9.26. The molecule has 2 heterocycles. The van der Waals surface area contributed by atoms with Crippen LogP contribution >= 0.6 is 11.8 Å². The molecule has 5 nitrogen and oxygen atoms in total. The maximum atomic E-state index is 12.2. The third-order valence-corrected chi connectivity index (χ3v) is 4.86. The van der Waals surface area contributed by atoms with Crippen molar-refractivity contribution in [3.63, 3.8) is 0 Å². The highest BCUT2D eigenvalue weighted by atomic mass is 32.2. The van der Waals surface area contributed by atoms with Crippen molar-refractivity contribution in [2.75, 3.05) is 19.3 Å². The molecule has 1 saturated heterocycles. The Labute approximate surface area is 146 Å². The predicted molar refractivity (Wildman–Crippen MR) is 94.1 cm³/mol. The summed E-state index contributed by atoms with van der Waals surface area (Å²) in [7, 11) is 0. The van der Waals surface area contributed by atoms with Crippen molar-refractivity contribution < 1.29 is 14.3 Å². The van der Waals surface area contributed by atoms with Crippen LogP contribution in [0.4, 0.5) is 0 Å². The minimum absolute atomic E-state index is 0.124. The molecule has 0 spiro atoms. The Morgan fingerprint density at radius 1 is 1.33 bits per heavy atom. The Kier molecular flexibility index (Phi) is 5.60. The van der Waals surface area contributed by atoms with Crippen LogP contribution in [0.25, 0.3) is 0 Å². The zero-order chi connectivity index (χ0) is 16.9. The summed E-state index contributed by atoms with van der Waals surface area (Å²) in [5.74, 6) is 0.115. The molecular formula is C18H22N2O3S. The van der Waals surface area contributed by atoms with Crippen molar-refractivity contribution in [1.82, 2.24) is 10.2 Å². The third kappa shape index (κ3) is 4.20. The van der Waals surface area contributed by atoms with E-state index in [-0.39, 0.29) is 18.1 Å². The number of likely N-dealkylation sites (tertiary alicyclic amines) is 1. The van der Waals surface area contributed by atoms with Gasteiger partial charge in [-0.3, -0.25) is 9.69 Å². The molecule has 1 aliphatic rings. The van der Waals surface area contributed by atoms with E-state index in [1.165, 1.54) is 17.3 Å². The molecule has 0 bridgehead atoms. The Bertz CT molecular complexity index is 674. The maximum Gasteiger partial charge on any atom is 0.287 e. The Hall–Kier alpha value is -1.76. The smallest absolute Gasteiger partial charge is 0.287 e. The highest BCUT2D eigenvalue weighted by Crippen LogP contribution is 2.21. The minimum atomic E-state index is -0.345. The van der Waals surface area contributed by atoms with Gasteiger partial charge in [0.25, 0.3) is 5.91 Å². The summed E-state index contributed by atoms with van der Waals surface area (Å²) in [5.41, 5.74) is 1.21. The summed E-state index contributed by atoms with van der Waals surface area (Å²) in [4.78, 5) is 14.4. The second kappa shape index (κ2) is 7.88. The topological polar surface area (TPSA) is 65.7 Å². The Balaban J connectivity index is 1.57. The number of aliphatic hydroxyl groups excluding tert-OH is 1. The zero-order valence-corrected chi connectivity index (χ0v) is 14.5. The minimum Gasteiger partial charge on any atom is -0.445 e. The lowest BCUT2D eigenvalue weighted by molar-refractivity contribution is 0.0907. The number of thioether (sulfide) groups is 1. The lowest BCUT2D eigenvalue weighted by Gasteiger charge is -2.24. The maximum absolute atomic E-state index is 12.2. The molecule has 2 unspecified atom stereocenters. The number of amides is 1. The van der Waals surface area contributed by atoms with E-state index in [0.29, 0.717) is 25.3 Å². The van der Waals surface area contributed by atoms with Gasteiger partial charge in [0.05, 0.1) is 6.10 Å². The van der Waals surface area contributed by atoms with Crippen molar-refractivity contribution in [3.05, 3.63) is 53.8 Å².